The fourth-order valence-electron chi connectivity index (χ4n) is 0.580. The summed E-state index contributed by atoms with van der Waals surface area (Å²) in [6, 6.07) is 0. The highest BCUT2D eigenvalue weighted by Crippen LogP contribution is 2.08. The van der Waals surface area contributed by atoms with E-state index in [1.165, 1.54) is 26.2 Å². The summed E-state index contributed by atoms with van der Waals surface area (Å²) < 4.78 is 17.0. The number of ether oxygens (including phenoxy) is 1. The minimum absolute atomic E-state index is 0.212. The summed E-state index contributed by atoms with van der Waals surface area (Å²) in [5.41, 5.74) is 0.467. The third-order valence-corrected chi connectivity index (χ3v) is 1.29. The van der Waals surface area contributed by atoms with E-state index in [0.717, 1.165) is 0 Å². The van der Waals surface area contributed by atoms with E-state index in [0.29, 0.717) is 11.3 Å². The van der Waals surface area contributed by atoms with Crippen molar-refractivity contribution in [1.29, 1.82) is 0 Å². The van der Waals surface area contributed by atoms with Crippen molar-refractivity contribution in [3.8, 4) is 0 Å². The van der Waals surface area contributed by atoms with Crippen LogP contribution in [0.5, 0.6) is 0 Å². The summed E-state index contributed by atoms with van der Waals surface area (Å²) >= 11 is 0. The molecule has 0 aromatic carbocycles. The van der Waals surface area contributed by atoms with Crippen molar-refractivity contribution in [1.82, 2.24) is 0 Å². The van der Waals surface area contributed by atoms with Crippen molar-refractivity contribution in [2.75, 3.05) is 13.7 Å². The Morgan fingerprint density at radius 2 is 2.17 bits per heavy atom. The Morgan fingerprint density at radius 1 is 1.58 bits per heavy atom. The molecule has 68 valence electrons. The molecule has 0 aromatic rings. The molecule has 0 atom stereocenters. The van der Waals surface area contributed by atoms with Crippen molar-refractivity contribution in [2.24, 2.45) is 0 Å². The minimum atomic E-state index is -0.329. The Bertz CT molecular complexity index is 213. The number of rotatable bonds is 4. The highest BCUT2D eigenvalue weighted by atomic mass is 19.1. The zero-order valence-corrected chi connectivity index (χ0v) is 7.30. The quantitative estimate of drug-likeness (QED) is 0.518. The summed E-state index contributed by atoms with van der Waals surface area (Å²) in [6.45, 7) is 4.63. The third kappa shape index (κ3) is 3.93. The Labute approximate surface area is 71.7 Å². The summed E-state index contributed by atoms with van der Waals surface area (Å²) in [7, 11) is 1.44. The van der Waals surface area contributed by atoms with Gasteiger partial charge in [-0.15, -0.1) is 0 Å². The van der Waals surface area contributed by atoms with Gasteiger partial charge >= 0.3 is 0 Å². The smallest absolute Gasteiger partial charge is 0.117 e. The monoisotopic (exact) mass is 172 g/mol. The molecule has 0 unspecified atom stereocenters. The number of methoxy groups -OCH3 is 1. The van der Waals surface area contributed by atoms with Gasteiger partial charge in [-0.3, -0.25) is 0 Å². The van der Waals surface area contributed by atoms with Gasteiger partial charge in [0, 0.05) is 5.57 Å². The molecular weight excluding hydrogens is 159 g/mol. The fourth-order valence-corrected chi connectivity index (χ4v) is 0.580. The maximum atomic E-state index is 12.2. The molecule has 12 heavy (non-hydrogen) atoms. The second-order valence-electron chi connectivity index (χ2n) is 2.23. The predicted octanol–water partition coefficient (Wildman–Crippen LogP) is 1.94. The molecule has 0 aliphatic heterocycles. The lowest BCUT2D eigenvalue weighted by Gasteiger charge is -2.04. The van der Waals surface area contributed by atoms with E-state index in [-0.39, 0.29) is 12.4 Å². The molecule has 0 radical (unpaired) electrons. The van der Waals surface area contributed by atoms with Crippen molar-refractivity contribution in [3.63, 3.8) is 0 Å². The van der Waals surface area contributed by atoms with E-state index < -0.39 is 0 Å². The summed E-state index contributed by atoms with van der Waals surface area (Å²) in [5, 5.41) is 8.78. The van der Waals surface area contributed by atoms with Crippen LogP contribution in [0.4, 0.5) is 4.39 Å². The highest BCUT2D eigenvalue weighted by molar-refractivity contribution is 5.28. The fraction of sp³-hybridized carbons (Fsp3) is 0.333. The van der Waals surface area contributed by atoms with Crippen molar-refractivity contribution in [3.05, 3.63) is 35.9 Å². The van der Waals surface area contributed by atoms with Gasteiger partial charge in [0.15, 0.2) is 0 Å². The van der Waals surface area contributed by atoms with Gasteiger partial charge in [0.1, 0.15) is 5.76 Å². The maximum absolute atomic E-state index is 12.2. The van der Waals surface area contributed by atoms with Gasteiger partial charge in [-0.2, -0.15) is 0 Å². The molecular formula is C9H13FO2. The molecule has 0 aliphatic carbocycles. The van der Waals surface area contributed by atoms with Crippen LogP contribution in [0.25, 0.3) is 0 Å². The number of hydrogen-bond acceptors (Lipinski definition) is 2. The van der Waals surface area contributed by atoms with Crippen molar-refractivity contribution >= 4 is 0 Å². The third-order valence-electron chi connectivity index (χ3n) is 1.29. The molecule has 0 aromatic heterocycles. The molecule has 0 aliphatic rings. The molecule has 0 saturated carbocycles. The lowest BCUT2D eigenvalue weighted by Crippen LogP contribution is -1.95. The standard InChI is InChI=1S/C9H13FO2/c1-7(10)4-5-9(6-11)8(2)12-3/h4-5,11H,2,6H2,1,3H3/b7-4+,9-5-. The molecule has 1 N–H and O–H groups in total. The number of allylic oxidation sites excluding steroid dienone is 3. The topological polar surface area (TPSA) is 29.5 Å². The average molecular weight is 172 g/mol. The Kier molecular flexibility index (Phi) is 5.04. The van der Waals surface area contributed by atoms with Crippen LogP contribution in [-0.2, 0) is 4.74 Å². The second-order valence-corrected chi connectivity index (χ2v) is 2.23. The van der Waals surface area contributed by atoms with Gasteiger partial charge in [0.25, 0.3) is 0 Å². The average Bonchev–Trinajstić information content (AvgIpc) is 2.04. The zero-order chi connectivity index (χ0) is 9.56. The molecule has 0 rings (SSSR count). The van der Waals surface area contributed by atoms with Crippen LogP contribution < -0.4 is 0 Å². The maximum Gasteiger partial charge on any atom is 0.117 e. The van der Waals surface area contributed by atoms with E-state index in [1.807, 2.05) is 0 Å². The highest BCUT2D eigenvalue weighted by Gasteiger charge is 1.98. The van der Waals surface area contributed by atoms with E-state index in [4.69, 9.17) is 9.84 Å². The van der Waals surface area contributed by atoms with E-state index in [1.54, 1.807) is 0 Å². The van der Waals surface area contributed by atoms with E-state index in [9.17, 15) is 4.39 Å². The summed E-state index contributed by atoms with van der Waals surface area (Å²) in [4.78, 5) is 0. The summed E-state index contributed by atoms with van der Waals surface area (Å²) in [5.74, 6) is 0.0138. The van der Waals surface area contributed by atoms with Gasteiger partial charge in [0.2, 0.25) is 0 Å². The van der Waals surface area contributed by atoms with Gasteiger partial charge in [-0.1, -0.05) is 12.7 Å². The number of aliphatic hydroxyl groups is 1. The van der Waals surface area contributed by atoms with Crippen LogP contribution in [-0.4, -0.2) is 18.8 Å². The van der Waals surface area contributed by atoms with Gasteiger partial charge in [-0.05, 0) is 13.0 Å². The van der Waals surface area contributed by atoms with Crippen LogP contribution in [0.3, 0.4) is 0 Å². The number of halogens is 1. The number of hydrogen-bond donors (Lipinski definition) is 1. The molecule has 0 fully saturated rings. The first kappa shape index (κ1) is 10.9. The van der Waals surface area contributed by atoms with E-state index in [2.05, 4.69) is 6.58 Å². The molecule has 0 bridgehead atoms. The first-order chi connectivity index (χ1) is 5.61. The first-order valence-electron chi connectivity index (χ1n) is 3.49. The Balaban J connectivity index is 4.44. The SMILES string of the molecule is C=C(OC)/C(=C\C=C(/C)F)CO. The van der Waals surface area contributed by atoms with Crippen molar-refractivity contribution in [2.45, 2.75) is 6.92 Å². The van der Waals surface area contributed by atoms with E-state index >= 15 is 0 Å². The largest absolute Gasteiger partial charge is 0.497 e. The van der Waals surface area contributed by atoms with Gasteiger partial charge in [-0.25, -0.2) is 4.39 Å². The number of aliphatic hydroxyl groups excluding tert-OH is 1. The van der Waals surface area contributed by atoms with Crippen LogP contribution in [0.15, 0.2) is 35.9 Å². The van der Waals surface area contributed by atoms with Gasteiger partial charge in [0.05, 0.1) is 19.5 Å². The Hall–Kier alpha value is -1.09. The second kappa shape index (κ2) is 5.55. The van der Waals surface area contributed by atoms with Crippen LogP contribution in [0, 0.1) is 0 Å². The lowest BCUT2D eigenvalue weighted by atomic mass is 10.2. The van der Waals surface area contributed by atoms with Crippen LogP contribution in [0.2, 0.25) is 0 Å². The molecule has 2 nitrogen and oxygen atoms in total. The molecule has 0 heterocycles. The molecule has 3 heteroatoms. The predicted molar refractivity (Wildman–Crippen MR) is 46.2 cm³/mol. The van der Waals surface area contributed by atoms with Crippen LogP contribution >= 0.6 is 0 Å². The zero-order valence-electron chi connectivity index (χ0n) is 7.30. The molecule has 0 amide bonds. The van der Waals surface area contributed by atoms with Crippen molar-refractivity contribution < 1.29 is 14.2 Å². The van der Waals surface area contributed by atoms with Gasteiger partial charge < -0.3 is 9.84 Å². The molecule has 0 saturated heterocycles. The van der Waals surface area contributed by atoms with Crippen LogP contribution in [0.1, 0.15) is 6.92 Å². The lowest BCUT2D eigenvalue weighted by molar-refractivity contribution is 0.274. The summed E-state index contributed by atoms with van der Waals surface area (Å²) in [6.07, 6.45) is 2.68. The first-order valence-corrected chi connectivity index (χ1v) is 3.49. The Morgan fingerprint density at radius 3 is 2.50 bits per heavy atom. The normalized spacial score (nSPS) is 13.0. The minimum Gasteiger partial charge on any atom is -0.497 e. The molecule has 0 spiro atoms.